The van der Waals surface area contributed by atoms with Crippen molar-refractivity contribution in [2.75, 3.05) is 5.32 Å². The zero-order valence-corrected chi connectivity index (χ0v) is 17.4. The number of furan rings is 1. The predicted molar refractivity (Wildman–Crippen MR) is 111 cm³/mol. The summed E-state index contributed by atoms with van der Waals surface area (Å²) in [4.78, 5) is 25.5. The maximum Gasteiger partial charge on any atom is 0.342 e. The van der Waals surface area contributed by atoms with Crippen LogP contribution in [0.25, 0.3) is 11.1 Å². The van der Waals surface area contributed by atoms with Gasteiger partial charge in [0.05, 0.1) is 17.9 Å². The molecular formula is C22H23NO4S. The third-order valence-corrected chi connectivity index (χ3v) is 5.25. The fourth-order valence-corrected chi connectivity index (χ4v) is 3.88. The lowest BCUT2D eigenvalue weighted by Gasteiger charge is -2.13. The highest BCUT2D eigenvalue weighted by Gasteiger charge is 2.25. The Morgan fingerprint density at radius 1 is 1.11 bits per heavy atom. The molecule has 0 aliphatic rings. The molecule has 2 aromatic heterocycles. The van der Waals surface area contributed by atoms with Crippen LogP contribution in [-0.4, -0.2) is 18.0 Å². The smallest absolute Gasteiger partial charge is 0.342 e. The summed E-state index contributed by atoms with van der Waals surface area (Å²) in [6.07, 6.45) is 1.20. The van der Waals surface area contributed by atoms with Crippen LogP contribution in [0.3, 0.4) is 0 Å². The van der Waals surface area contributed by atoms with E-state index in [1.165, 1.54) is 17.6 Å². The summed E-state index contributed by atoms with van der Waals surface area (Å²) in [5, 5.41) is 5.20. The molecule has 146 valence electrons. The molecule has 2 heterocycles. The summed E-state index contributed by atoms with van der Waals surface area (Å²) in [6.45, 7) is 9.32. The minimum Gasteiger partial charge on any atom is -0.469 e. The first-order valence-corrected chi connectivity index (χ1v) is 9.91. The van der Waals surface area contributed by atoms with Crippen molar-refractivity contribution < 1.29 is 18.7 Å². The summed E-state index contributed by atoms with van der Waals surface area (Å²) in [6, 6.07) is 7.69. The molecule has 1 amide bonds. The molecule has 5 nitrogen and oxygen atoms in total. The number of benzene rings is 1. The van der Waals surface area contributed by atoms with E-state index in [2.05, 4.69) is 5.32 Å². The molecule has 28 heavy (non-hydrogen) atoms. The average Bonchev–Trinajstić information content (AvgIpc) is 3.22. The van der Waals surface area contributed by atoms with Gasteiger partial charge in [-0.3, -0.25) is 4.79 Å². The topological polar surface area (TPSA) is 68.5 Å². The number of thiophene rings is 1. The Morgan fingerprint density at radius 3 is 2.50 bits per heavy atom. The highest BCUT2D eigenvalue weighted by Crippen LogP contribution is 2.38. The molecule has 0 unspecified atom stereocenters. The molecule has 0 saturated carbocycles. The second-order valence-corrected chi connectivity index (χ2v) is 7.85. The van der Waals surface area contributed by atoms with Crippen LogP contribution >= 0.6 is 11.3 Å². The van der Waals surface area contributed by atoms with Gasteiger partial charge in [-0.15, -0.1) is 11.3 Å². The Labute approximate surface area is 168 Å². The van der Waals surface area contributed by atoms with Crippen molar-refractivity contribution in [1.82, 2.24) is 0 Å². The molecule has 0 fully saturated rings. The standard InChI is InChI=1S/C22H23NO4S/c1-12(2)27-22(25)19-18(17-10-13(3)6-7-14(17)4)11-28-21(19)23-20(24)16-8-9-26-15(16)5/h6-12H,1-5H3,(H,23,24). The molecule has 1 aromatic carbocycles. The Balaban J connectivity index is 2.07. The zero-order valence-electron chi connectivity index (χ0n) is 16.6. The molecule has 0 saturated heterocycles. The zero-order chi connectivity index (χ0) is 20.4. The molecule has 0 aliphatic carbocycles. The molecule has 1 N–H and O–H groups in total. The van der Waals surface area contributed by atoms with Crippen molar-refractivity contribution in [3.63, 3.8) is 0 Å². The fourth-order valence-electron chi connectivity index (χ4n) is 2.94. The fraction of sp³-hybridized carbons (Fsp3) is 0.273. The highest BCUT2D eigenvalue weighted by molar-refractivity contribution is 7.15. The van der Waals surface area contributed by atoms with Gasteiger partial charge in [-0.25, -0.2) is 4.79 Å². The molecule has 0 aliphatic heterocycles. The first-order valence-electron chi connectivity index (χ1n) is 9.03. The number of hydrogen-bond acceptors (Lipinski definition) is 5. The number of amides is 1. The average molecular weight is 397 g/mol. The number of aryl methyl sites for hydroxylation is 3. The van der Waals surface area contributed by atoms with Gasteiger partial charge in [-0.1, -0.05) is 23.8 Å². The van der Waals surface area contributed by atoms with Crippen LogP contribution in [0, 0.1) is 20.8 Å². The van der Waals surface area contributed by atoms with Gasteiger partial charge >= 0.3 is 5.97 Å². The van der Waals surface area contributed by atoms with Gasteiger partial charge in [0, 0.05) is 10.9 Å². The van der Waals surface area contributed by atoms with E-state index in [4.69, 9.17) is 9.15 Å². The SMILES string of the molecule is Cc1ccc(C)c(-c2csc(NC(=O)c3ccoc3C)c2C(=O)OC(C)C)c1. The normalized spacial score (nSPS) is 10.9. The number of carbonyl (C=O) groups is 2. The van der Waals surface area contributed by atoms with Crippen LogP contribution in [0.4, 0.5) is 5.00 Å². The minimum absolute atomic E-state index is 0.265. The van der Waals surface area contributed by atoms with E-state index in [0.29, 0.717) is 21.9 Å². The van der Waals surface area contributed by atoms with Crippen LogP contribution in [0.1, 0.15) is 51.5 Å². The molecule has 0 radical (unpaired) electrons. The first-order chi connectivity index (χ1) is 13.3. The van der Waals surface area contributed by atoms with Gasteiger partial charge < -0.3 is 14.5 Å². The van der Waals surface area contributed by atoms with Crippen LogP contribution in [0.2, 0.25) is 0 Å². The van der Waals surface area contributed by atoms with Crippen molar-refractivity contribution in [3.8, 4) is 11.1 Å². The minimum atomic E-state index is -0.452. The Morgan fingerprint density at radius 2 is 1.86 bits per heavy atom. The summed E-state index contributed by atoms with van der Waals surface area (Å²) in [5.74, 6) is -0.249. The van der Waals surface area contributed by atoms with Gasteiger partial charge in [0.25, 0.3) is 5.91 Å². The Kier molecular flexibility index (Phi) is 5.70. The van der Waals surface area contributed by atoms with Crippen LogP contribution in [0.15, 0.2) is 40.3 Å². The van der Waals surface area contributed by atoms with E-state index < -0.39 is 5.97 Å². The number of esters is 1. The van der Waals surface area contributed by atoms with E-state index in [1.807, 2.05) is 37.4 Å². The van der Waals surface area contributed by atoms with Crippen LogP contribution in [-0.2, 0) is 4.74 Å². The predicted octanol–water partition coefficient (Wildman–Crippen LogP) is 5.75. The second-order valence-electron chi connectivity index (χ2n) is 6.97. The van der Waals surface area contributed by atoms with E-state index >= 15 is 0 Å². The largest absolute Gasteiger partial charge is 0.469 e. The summed E-state index contributed by atoms with van der Waals surface area (Å²) >= 11 is 1.31. The van der Waals surface area contributed by atoms with Gasteiger partial charge in [0.2, 0.25) is 0 Å². The van der Waals surface area contributed by atoms with E-state index in [0.717, 1.165) is 22.3 Å². The van der Waals surface area contributed by atoms with Crippen LogP contribution < -0.4 is 5.32 Å². The highest BCUT2D eigenvalue weighted by atomic mass is 32.1. The van der Waals surface area contributed by atoms with E-state index in [1.54, 1.807) is 26.8 Å². The molecule has 3 rings (SSSR count). The lowest BCUT2D eigenvalue weighted by molar-refractivity contribution is 0.0380. The number of hydrogen-bond donors (Lipinski definition) is 1. The number of ether oxygens (including phenoxy) is 1. The van der Waals surface area contributed by atoms with Crippen molar-refractivity contribution in [2.24, 2.45) is 0 Å². The van der Waals surface area contributed by atoms with Crippen molar-refractivity contribution in [2.45, 2.75) is 40.7 Å². The van der Waals surface area contributed by atoms with Gasteiger partial charge in [-0.2, -0.15) is 0 Å². The molecule has 3 aromatic rings. The number of rotatable bonds is 5. The third-order valence-electron chi connectivity index (χ3n) is 4.35. The van der Waals surface area contributed by atoms with E-state index in [-0.39, 0.29) is 12.0 Å². The summed E-state index contributed by atoms with van der Waals surface area (Å²) in [5.41, 5.74) is 4.66. The Bertz CT molecular complexity index is 1030. The summed E-state index contributed by atoms with van der Waals surface area (Å²) < 4.78 is 10.7. The maximum absolute atomic E-state index is 12.9. The van der Waals surface area contributed by atoms with Gasteiger partial charge in [-0.05, 0) is 51.8 Å². The monoisotopic (exact) mass is 397 g/mol. The number of nitrogens with one attached hydrogen (secondary N) is 1. The van der Waals surface area contributed by atoms with Crippen molar-refractivity contribution in [1.29, 1.82) is 0 Å². The summed E-state index contributed by atoms with van der Waals surface area (Å²) in [7, 11) is 0. The van der Waals surface area contributed by atoms with Crippen molar-refractivity contribution in [3.05, 3.63) is 63.9 Å². The van der Waals surface area contributed by atoms with Crippen molar-refractivity contribution >= 4 is 28.2 Å². The van der Waals surface area contributed by atoms with Gasteiger partial charge in [0.1, 0.15) is 16.3 Å². The van der Waals surface area contributed by atoms with Gasteiger partial charge in [0.15, 0.2) is 0 Å². The molecular weight excluding hydrogens is 374 g/mol. The molecule has 0 bridgehead atoms. The third kappa shape index (κ3) is 4.02. The molecule has 6 heteroatoms. The number of carbonyl (C=O) groups excluding carboxylic acids is 2. The number of anilines is 1. The lowest BCUT2D eigenvalue weighted by atomic mass is 9.97. The van der Waals surface area contributed by atoms with E-state index in [9.17, 15) is 9.59 Å². The molecule has 0 spiro atoms. The van der Waals surface area contributed by atoms with Crippen LogP contribution in [0.5, 0.6) is 0 Å². The lowest BCUT2D eigenvalue weighted by Crippen LogP contribution is -2.17. The quantitative estimate of drug-likeness (QED) is 0.557. The molecule has 0 atom stereocenters. The first kappa shape index (κ1) is 19.9. The maximum atomic E-state index is 12.9. The second kappa shape index (κ2) is 8.02. The Hall–Kier alpha value is -2.86.